The molecule has 0 bridgehead atoms. The second kappa shape index (κ2) is 8.89. The van der Waals surface area contributed by atoms with Gasteiger partial charge in [0, 0.05) is 37.2 Å². The van der Waals surface area contributed by atoms with Crippen LogP contribution in [0.2, 0.25) is 0 Å². The Hall–Kier alpha value is -3.58. The van der Waals surface area contributed by atoms with Gasteiger partial charge in [-0.1, -0.05) is 36.3 Å². The van der Waals surface area contributed by atoms with Crippen LogP contribution in [0.25, 0.3) is 0 Å². The zero-order chi connectivity index (χ0) is 24.6. The van der Waals surface area contributed by atoms with E-state index >= 15 is 0 Å². The van der Waals surface area contributed by atoms with Gasteiger partial charge in [-0.05, 0) is 60.2 Å². The third-order valence-electron chi connectivity index (χ3n) is 6.79. The number of hydrogen-bond donors (Lipinski definition) is 2. The maximum atomic E-state index is 13.1. The second-order valence-electron chi connectivity index (χ2n) is 8.89. The first-order valence-electron chi connectivity index (χ1n) is 11.3. The van der Waals surface area contributed by atoms with Gasteiger partial charge in [0.2, 0.25) is 0 Å². The van der Waals surface area contributed by atoms with Gasteiger partial charge >= 0.3 is 10.3 Å². The summed E-state index contributed by atoms with van der Waals surface area (Å²) in [6, 6.07) is 18.2. The van der Waals surface area contributed by atoms with E-state index < -0.39 is 15.7 Å². The van der Waals surface area contributed by atoms with Gasteiger partial charge in [0.1, 0.15) is 0 Å². The number of likely N-dealkylation sites (tertiary alicyclic amines) is 1. The Kier molecular flexibility index (Phi) is 5.89. The first-order valence-corrected chi connectivity index (χ1v) is 12.7. The van der Waals surface area contributed by atoms with Crippen molar-refractivity contribution in [1.29, 1.82) is 0 Å². The summed E-state index contributed by atoms with van der Waals surface area (Å²) in [4.78, 5) is 14.8. The summed E-state index contributed by atoms with van der Waals surface area (Å²) in [6.45, 7) is 1.32. The van der Waals surface area contributed by atoms with E-state index in [0.29, 0.717) is 43.9 Å². The minimum Gasteiger partial charge on any atom is -0.443 e. The highest BCUT2D eigenvalue weighted by atomic mass is 32.2. The van der Waals surface area contributed by atoms with Crippen LogP contribution in [0, 0.1) is 11.8 Å². The molecule has 0 aliphatic carbocycles. The fourth-order valence-electron chi connectivity index (χ4n) is 4.90. The minimum atomic E-state index is -4.41. The predicted octanol–water partition coefficient (Wildman–Crippen LogP) is 2.93. The lowest BCUT2D eigenvalue weighted by molar-refractivity contribution is 0.0642. The standard InChI is InChI=1S/C26H25N3O5S/c27-17-20-7-10-23-22(16-20)26(18-29(23)35(31,32)33)12-14-28(15-13-26)25(30)24-11-9-21(34-24)8-6-19-4-2-1-3-5-19/h1-5,7,9-11,16H,12-15,17-18,27H2,(H,31,32,33). The number of nitrogens with two attached hydrogens (primary N) is 1. The van der Waals surface area contributed by atoms with E-state index in [2.05, 4.69) is 11.8 Å². The van der Waals surface area contributed by atoms with Crippen molar-refractivity contribution in [3.8, 4) is 11.8 Å². The van der Waals surface area contributed by atoms with Gasteiger partial charge in [0.05, 0.1) is 5.69 Å². The summed E-state index contributed by atoms with van der Waals surface area (Å²) in [6.07, 6.45) is 1.10. The van der Waals surface area contributed by atoms with Gasteiger partial charge in [-0.2, -0.15) is 8.42 Å². The van der Waals surface area contributed by atoms with Crippen LogP contribution in [0.3, 0.4) is 0 Å². The molecule has 1 aromatic heterocycles. The molecule has 3 N–H and O–H groups in total. The van der Waals surface area contributed by atoms with Crippen molar-refractivity contribution in [3.05, 3.63) is 88.9 Å². The van der Waals surface area contributed by atoms with E-state index in [1.165, 1.54) is 0 Å². The summed E-state index contributed by atoms with van der Waals surface area (Å²) in [5.41, 5.74) is 8.37. The van der Waals surface area contributed by atoms with Crippen LogP contribution in [-0.2, 0) is 22.3 Å². The fourth-order valence-corrected chi connectivity index (χ4v) is 5.72. The summed E-state index contributed by atoms with van der Waals surface area (Å²) < 4.78 is 40.6. The molecule has 0 atom stereocenters. The maximum absolute atomic E-state index is 13.1. The molecule has 1 saturated heterocycles. The number of hydrogen-bond acceptors (Lipinski definition) is 5. The average molecular weight is 492 g/mol. The quantitative estimate of drug-likeness (QED) is 0.430. The van der Waals surface area contributed by atoms with Gasteiger partial charge in [0.15, 0.2) is 11.5 Å². The van der Waals surface area contributed by atoms with E-state index in [4.69, 9.17) is 10.2 Å². The number of carbonyl (C=O) groups excluding carboxylic acids is 1. The summed E-state index contributed by atoms with van der Waals surface area (Å²) in [5, 5.41) is 0. The second-order valence-corrected chi connectivity index (χ2v) is 10.2. The van der Waals surface area contributed by atoms with Crippen LogP contribution in [0.5, 0.6) is 0 Å². The Labute approximate surface area is 204 Å². The van der Waals surface area contributed by atoms with Crippen molar-refractivity contribution in [2.75, 3.05) is 23.9 Å². The zero-order valence-electron chi connectivity index (χ0n) is 19.0. The molecule has 0 saturated carbocycles. The molecular formula is C26H25N3O5S. The number of carbonyl (C=O) groups is 1. The number of furan rings is 1. The normalized spacial score (nSPS) is 16.6. The molecule has 1 spiro atoms. The summed E-state index contributed by atoms with van der Waals surface area (Å²) in [5.74, 6) is 6.34. The van der Waals surface area contributed by atoms with E-state index in [1.54, 1.807) is 29.2 Å². The smallest absolute Gasteiger partial charge is 0.360 e. The molecule has 5 rings (SSSR count). The van der Waals surface area contributed by atoms with Crippen molar-refractivity contribution >= 4 is 21.9 Å². The van der Waals surface area contributed by atoms with E-state index in [9.17, 15) is 17.8 Å². The lowest BCUT2D eigenvalue weighted by Gasteiger charge is -2.39. The monoisotopic (exact) mass is 491 g/mol. The van der Waals surface area contributed by atoms with Gasteiger partial charge in [-0.25, -0.2) is 4.31 Å². The van der Waals surface area contributed by atoms with Crippen LogP contribution in [0.1, 0.15) is 45.8 Å². The molecule has 1 fully saturated rings. The maximum Gasteiger partial charge on any atom is 0.360 e. The Balaban J connectivity index is 1.32. The molecule has 180 valence electrons. The Morgan fingerprint density at radius 3 is 2.49 bits per heavy atom. The van der Waals surface area contributed by atoms with Crippen molar-refractivity contribution in [2.24, 2.45) is 5.73 Å². The summed E-state index contributed by atoms with van der Waals surface area (Å²) >= 11 is 0. The van der Waals surface area contributed by atoms with Gasteiger partial charge < -0.3 is 15.1 Å². The highest BCUT2D eigenvalue weighted by Crippen LogP contribution is 2.48. The number of amides is 1. The first kappa shape index (κ1) is 23.2. The van der Waals surface area contributed by atoms with Gasteiger partial charge in [-0.15, -0.1) is 0 Å². The number of nitrogens with zero attached hydrogens (tertiary/aromatic N) is 2. The largest absolute Gasteiger partial charge is 0.443 e. The van der Waals surface area contributed by atoms with Crippen molar-refractivity contribution in [3.63, 3.8) is 0 Å². The molecule has 2 aliphatic heterocycles. The minimum absolute atomic E-state index is 0.136. The molecule has 35 heavy (non-hydrogen) atoms. The molecule has 3 heterocycles. The van der Waals surface area contributed by atoms with Crippen LogP contribution in [-0.4, -0.2) is 43.4 Å². The first-order chi connectivity index (χ1) is 16.8. The number of fused-ring (bicyclic) bond motifs is 2. The van der Waals surface area contributed by atoms with E-state index in [-0.39, 0.29) is 18.2 Å². The van der Waals surface area contributed by atoms with E-state index in [1.807, 2.05) is 36.4 Å². The highest BCUT2D eigenvalue weighted by molar-refractivity contribution is 7.87. The Morgan fingerprint density at radius 1 is 1.06 bits per heavy atom. The molecule has 1 amide bonds. The predicted molar refractivity (Wildman–Crippen MR) is 131 cm³/mol. The molecule has 0 radical (unpaired) electrons. The summed E-state index contributed by atoms with van der Waals surface area (Å²) in [7, 11) is -4.41. The van der Waals surface area contributed by atoms with Crippen molar-refractivity contribution < 1.29 is 22.2 Å². The highest BCUT2D eigenvalue weighted by Gasteiger charge is 2.48. The molecule has 0 unspecified atom stereocenters. The van der Waals surface area contributed by atoms with E-state index in [0.717, 1.165) is 21.0 Å². The zero-order valence-corrected chi connectivity index (χ0v) is 19.8. The lowest BCUT2D eigenvalue weighted by atomic mass is 9.74. The topological polar surface area (TPSA) is 117 Å². The fraction of sp³-hybridized carbons (Fsp3) is 0.269. The number of rotatable bonds is 3. The van der Waals surface area contributed by atoms with Gasteiger partial charge in [-0.3, -0.25) is 9.35 Å². The van der Waals surface area contributed by atoms with Crippen molar-refractivity contribution in [2.45, 2.75) is 24.8 Å². The lowest BCUT2D eigenvalue weighted by Crippen LogP contribution is -2.47. The van der Waals surface area contributed by atoms with Crippen molar-refractivity contribution in [1.82, 2.24) is 4.90 Å². The molecule has 9 heteroatoms. The third-order valence-corrected chi connectivity index (χ3v) is 7.67. The van der Waals surface area contributed by atoms with Crippen LogP contribution >= 0.6 is 0 Å². The molecule has 3 aromatic rings. The number of anilines is 1. The van der Waals surface area contributed by atoms with Crippen LogP contribution < -0.4 is 10.0 Å². The SMILES string of the molecule is NCc1ccc2c(c1)C1(CCN(C(=O)c3ccc(C#Cc4ccccc4)o3)CC1)CN2S(=O)(=O)O. The molecule has 2 aliphatic rings. The van der Waals surface area contributed by atoms with Gasteiger partial charge in [0.25, 0.3) is 5.91 Å². The number of benzene rings is 2. The molecule has 2 aromatic carbocycles. The third kappa shape index (κ3) is 4.44. The van der Waals surface area contributed by atoms with Crippen LogP contribution in [0.4, 0.5) is 5.69 Å². The Bertz CT molecular complexity index is 1430. The number of piperidine rings is 1. The Morgan fingerprint density at radius 2 is 1.80 bits per heavy atom. The molecular weight excluding hydrogens is 466 g/mol. The molecule has 8 nitrogen and oxygen atoms in total. The van der Waals surface area contributed by atoms with Crippen LogP contribution in [0.15, 0.2) is 65.1 Å². The average Bonchev–Trinajstić information content (AvgIpc) is 3.46.